The summed E-state index contributed by atoms with van der Waals surface area (Å²) in [6.07, 6.45) is 0.481. The Hall–Kier alpha value is -2.92. The minimum Gasteiger partial charge on any atom is -0.297 e. The highest BCUT2D eigenvalue weighted by Crippen LogP contribution is 2.36. The smallest absolute Gasteiger partial charge is 0.283 e. The van der Waals surface area contributed by atoms with Gasteiger partial charge in [0.1, 0.15) is 5.84 Å². The van der Waals surface area contributed by atoms with Gasteiger partial charge in [-0.2, -0.15) is 8.42 Å². The molecule has 0 unspecified atom stereocenters. The third-order valence-corrected chi connectivity index (χ3v) is 5.96. The first kappa shape index (κ1) is 17.5. The van der Waals surface area contributed by atoms with Crippen LogP contribution in [0.3, 0.4) is 0 Å². The molecule has 1 aliphatic heterocycles. The zero-order chi connectivity index (χ0) is 19.0. The number of sulfonamides is 1. The van der Waals surface area contributed by atoms with Crippen LogP contribution in [0, 0.1) is 13.8 Å². The molecule has 0 aliphatic carbocycles. The fourth-order valence-corrected chi connectivity index (χ4v) is 4.31. The number of aryl methyl sites for hydroxylation is 2. The van der Waals surface area contributed by atoms with E-state index < -0.39 is 10.0 Å². The van der Waals surface area contributed by atoms with Crippen molar-refractivity contribution in [2.45, 2.75) is 25.2 Å². The number of fused-ring (bicyclic) bond motifs is 1. The fraction of sp³-hybridized carbons (Fsp3) is 0.136. The summed E-state index contributed by atoms with van der Waals surface area (Å²) in [6, 6.07) is 22.7. The second-order valence-corrected chi connectivity index (χ2v) is 8.38. The lowest BCUT2D eigenvalue weighted by molar-refractivity contribution is 0.598. The molecule has 4 rings (SSSR count). The first-order valence-corrected chi connectivity index (χ1v) is 10.2. The Labute approximate surface area is 159 Å². The molecule has 5 heteroatoms. The van der Waals surface area contributed by atoms with Crippen LogP contribution in [0.25, 0.3) is 0 Å². The summed E-state index contributed by atoms with van der Waals surface area (Å²) in [5.41, 5.74) is 5.07. The van der Waals surface area contributed by atoms with Gasteiger partial charge in [-0.15, -0.1) is 4.40 Å². The molecule has 0 atom stereocenters. The lowest BCUT2D eigenvalue weighted by Gasteiger charge is -2.21. The molecule has 1 aliphatic rings. The Morgan fingerprint density at radius 1 is 0.852 bits per heavy atom. The van der Waals surface area contributed by atoms with Crippen LogP contribution in [0.4, 0.5) is 11.4 Å². The molecule has 0 saturated heterocycles. The van der Waals surface area contributed by atoms with Gasteiger partial charge in [-0.1, -0.05) is 48.0 Å². The summed E-state index contributed by atoms with van der Waals surface area (Å²) >= 11 is 0. The molecule has 0 saturated carbocycles. The number of hydrogen-bond donors (Lipinski definition) is 0. The summed E-state index contributed by atoms with van der Waals surface area (Å²) in [7, 11) is -3.78. The largest absolute Gasteiger partial charge is 0.297 e. The number of benzene rings is 3. The first-order valence-electron chi connectivity index (χ1n) is 8.79. The summed E-state index contributed by atoms with van der Waals surface area (Å²) < 4.78 is 30.0. The molecule has 0 bridgehead atoms. The van der Waals surface area contributed by atoms with Crippen LogP contribution in [0.15, 0.2) is 82.1 Å². The van der Waals surface area contributed by atoms with Crippen molar-refractivity contribution in [1.82, 2.24) is 0 Å². The van der Waals surface area contributed by atoms with E-state index in [1.54, 1.807) is 24.3 Å². The topological polar surface area (TPSA) is 49.7 Å². The average Bonchev–Trinajstić information content (AvgIpc) is 2.99. The van der Waals surface area contributed by atoms with Gasteiger partial charge in [-0.05, 0) is 55.3 Å². The normalized spacial score (nSPS) is 15.2. The molecule has 27 heavy (non-hydrogen) atoms. The summed E-state index contributed by atoms with van der Waals surface area (Å²) in [5, 5.41) is 0. The van der Waals surface area contributed by atoms with Gasteiger partial charge in [0.25, 0.3) is 10.0 Å². The van der Waals surface area contributed by atoms with E-state index in [-0.39, 0.29) is 4.90 Å². The van der Waals surface area contributed by atoms with Crippen molar-refractivity contribution < 1.29 is 8.42 Å². The Balaban J connectivity index is 1.83. The molecular weight excluding hydrogens is 356 g/mol. The predicted octanol–water partition coefficient (Wildman–Crippen LogP) is 4.79. The highest BCUT2D eigenvalue weighted by atomic mass is 32.2. The van der Waals surface area contributed by atoms with Crippen LogP contribution in [-0.2, 0) is 16.4 Å². The minimum absolute atomic E-state index is 0.209. The highest BCUT2D eigenvalue weighted by Gasteiger charge is 2.29. The van der Waals surface area contributed by atoms with Crippen molar-refractivity contribution in [1.29, 1.82) is 0 Å². The van der Waals surface area contributed by atoms with Gasteiger partial charge in [-0.25, -0.2) is 0 Å². The number of nitrogens with zero attached hydrogens (tertiary/aromatic N) is 2. The molecular formula is C22H20N2O2S. The van der Waals surface area contributed by atoms with Crippen LogP contribution < -0.4 is 4.90 Å². The van der Waals surface area contributed by atoms with Gasteiger partial charge in [0.2, 0.25) is 0 Å². The van der Waals surface area contributed by atoms with Gasteiger partial charge >= 0.3 is 0 Å². The highest BCUT2D eigenvalue weighted by molar-refractivity contribution is 7.90. The second-order valence-electron chi connectivity index (χ2n) is 6.78. The molecule has 0 radical (unpaired) electrons. The molecule has 3 aromatic carbocycles. The van der Waals surface area contributed by atoms with Crippen LogP contribution in [0.5, 0.6) is 0 Å². The maximum absolute atomic E-state index is 12.9. The van der Waals surface area contributed by atoms with Crippen LogP contribution in [0.2, 0.25) is 0 Å². The molecule has 1 heterocycles. The van der Waals surface area contributed by atoms with Crippen LogP contribution in [0.1, 0.15) is 16.7 Å². The standard InChI is InChI=1S/C22H20N2O2S/c1-16-10-12-20(13-11-16)27(25,26)23-22-15-18-7-3-4-9-21(18)24(22)19-8-5-6-17(2)14-19/h3-14H,15H2,1-2H3/b23-22-. The molecule has 0 spiro atoms. The SMILES string of the molecule is Cc1ccc(S(=O)(=O)/N=C2/Cc3ccccc3N2c2cccc(C)c2)cc1. The maximum atomic E-state index is 12.9. The molecule has 3 aromatic rings. The van der Waals surface area contributed by atoms with Crippen molar-refractivity contribution in [3.8, 4) is 0 Å². The van der Waals surface area contributed by atoms with Gasteiger partial charge in [-0.3, -0.25) is 4.90 Å². The zero-order valence-electron chi connectivity index (χ0n) is 15.3. The molecule has 0 amide bonds. The van der Waals surface area contributed by atoms with Crippen molar-refractivity contribution >= 4 is 27.2 Å². The van der Waals surface area contributed by atoms with E-state index in [0.29, 0.717) is 12.3 Å². The fourth-order valence-electron chi connectivity index (χ4n) is 3.30. The van der Waals surface area contributed by atoms with E-state index in [0.717, 1.165) is 28.1 Å². The van der Waals surface area contributed by atoms with Gasteiger partial charge < -0.3 is 0 Å². The van der Waals surface area contributed by atoms with Crippen molar-refractivity contribution in [3.05, 3.63) is 89.5 Å². The average molecular weight is 376 g/mol. The number of rotatable bonds is 3. The summed E-state index contributed by atoms with van der Waals surface area (Å²) in [6.45, 7) is 3.95. The monoisotopic (exact) mass is 376 g/mol. The quantitative estimate of drug-likeness (QED) is 0.661. The summed E-state index contributed by atoms with van der Waals surface area (Å²) in [4.78, 5) is 2.15. The molecule has 0 fully saturated rings. The summed E-state index contributed by atoms with van der Waals surface area (Å²) in [5.74, 6) is 0.516. The lowest BCUT2D eigenvalue weighted by Crippen LogP contribution is -2.23. The number of hydrogen-bond acceptors (Lipinski definition) is 2. The van der Waals surface area contributed by atoms with Crippen molar-refractivity contribution in [2.24, 2.45) is 4.40 Å². The van der Waals surface area contributed by atoms with E-state index in [1.807, 2.05) is 67.3 Å². The van der Waals surface area contributed by atoms with E-state index in [9.17, 15) is 8.42 Å². The second kappa shape index (κ2) is 6.67. The molecule has 0 aromatic heterocycles. The number of amidine groups is 1. The van der Waals surface area contributed by atoms with Crippen molar-refractivity contribution in [3.63, 3.8) is 0 Å². The zero-order valence-corrected chi connectivity index (χ0v) is 16.1. The van der Waals surface area contributed by atoms with E-state index in [2.05, 4.69) is 4.40 Å². The number of anilines is 2. The van der Waals surface area contributed by atoms with E-state index in [1.165, 1.54) is 0 Å². The Kier molecular flexibility index (Phi) is 4.32. The van der Waals surface area contributed by atoms with Crippen molar-refractivity contribution in [2.75, 3.05) is 4.90 Å². The third-order valence-electron chi connectivity index (χ3n) is 4.64. The maximum Gasteiger partial charge on any atom is 0.283 e. The molecule has 0 N–H and O–H groups in total. The Morgan fingerprint density at radius 3 is 2.33 bits per heavy atom. The molecule has 4 nitrogen and oxygen atoms in total. The van der Waals surface area contributed by atoms with Gasteiger partial charge in [0.15, 0.2) is 0 Å². The van der Waals surface area contributed by atoms with Crippen LogP contribution in [-0.4, -0.2) is 14.3 Å². The Bertz CT molecular complexity index is 1130. The Morgan fingerprint density at radius 2 is 1.59 bits per heavy atom. The number of para-hydroxylation sites is 1. The first-order chi connectivity index (χ1) is 12.9. The van der Waals surface area contributed by atoms with Gasteiger partial charge in [0, 0.05) is 12.1 Å². The van der Waals surface area contributed by atoms with Gasteiger partial charge in [0.05, 0.1) is 10.6 Å². The lowest BCUT2D eigenvalue weighted by atomic mass is 10.1. The minimum atomic E-state index is -3.78. The third kappa shape index (κ3) is 3.38. The van der Waals surface area contributed by atoms with Crippen LogP contribution >= 0.6 is 0 Å². The molecule has 136 valence electrons. The predicted molar refractivity (Wildman–Crippen MR) is 109 cm³/mol. The van der Waals surface area contributed by atoms with E-state index in [4.69, 9.17) is 0 Å². The van der Waals surface area contributed by atoms with E-state index >= 15 is 0 Å².